The first-order chi connectivity index (χ1) is 9.22. The van der Waals surface area contributed by atoms with Gasteiger partial charge in [0.25, 0.3) is 0 Å². The van der Waals surface area contributed by atoms with Crippen LogP contribution >= 0.6 is 0 Å². The van der Waals surface area contributed by atoms with Crippen LogP contribution in [-0.4, -0.2) is 5.11 Å². The smallest absolute Gasteiger partial charge is 0.119 e. The van der Waals surface area contributed by atoms with Gasteiger partial charge in [0.1, 0.15) is 5.75 Å². The van der Waals surface area contributed by atoms with E-state index < -0.39 is 0 Å². The van der Waals surface area contributed by atoms with E-state index in [1.165, 1.54) is 22.3 Å². The third kappa shape index (κ3) is 2.51. The van der Waals surface area contributed by atoms with E-state index in [1.807, 2.05) is 6.07 Å². The maximum absolute atomic E-state index is 10.1. The zero-order valence-corrected chi connectivity index (χ0v) is 12.0. The fourth-order valence-electron chi connectivity index (χ4n) is 2.77. The molecule has 2 aromatic rings. The first kappa shape index (κ1) is 13.7. The monoisotopic (exact) mass is 254 g/mol. The Kier molecular flexibility index (Phi) is 4.26. The number of hydrogen-bond donors (Lipinski definition) is 1. The molecule has 0 aliphatic heterocycles. The van der Waals surface area contributed by atoms with Crippen molar-refractivity contribution in [3.05, 3.63) is 53.1 Å². The lowest BCUT2D eigenvalue weighted by molar-refractivity contribution is 0.469. The Morgan fingerprint density at radius 2 is 1.37 bits per heavy atom. The minimum absolute atomic E-state index is 0.410. The number of phenols is 1. The van der Waals surface area contributed by atoms with Crippen molar-refractivity contribution in [1.82, 2.24) is 0 Å². The van der Waals surface area contributed by atoms with Gasteiger partial charge in [0.05, 0.1) is 0 Å². The average molecular weight is 254 g/mol. The van der Waals surface area contributed by atoms with Gasteiger partial charge in [0.15, 0.2) is 0 Å². The average Bonchev–Trinajstić information content (AvgIpc) is 2.46. The quantitative estimate of drug-likeness (QED) is 0.835. The molecule has 0 bridgehead atoms. The number of rotatable bonds is 4. The van der Waals surface area contributed by atoms with E-state index in [0.29, 0.717) is 5.75 Å². The summed E-state index contributed by atoms with van der Waals surface area (Å²) < 4.78 is 0. The number of benzene rings is 2. The van der Waals surface area contributed by atoms with Crippen molar-refractivity contribution in [3.63, 3.8) is 0 Å². The topological polar surface area (TPSA) is 20.2 Å². The van der Waals surface area contributed by atoms with Crippen LogP contribution in [-0.2, 0) is 19.3 Å². The summed E-state index contributed by atoms with van der Waals surface area (Å²) in [5.74, 6) is 0.410. The molecule has 0 amide bonds. The molecule has 0 aliphatic carbocycles. The lowest BCUT2D eigenvalue weighted by Crippen LogP contribution is -1.97. The van der Waals surface area contributed by atoms with Crippen LogP contribution in [0, 0.1) is 0 Å². The van der Waals surface area contributed by atoms with Crippen LogP contribution in [0.3, 0.4) is 0 Å². The summed E-state index contributed by atoms with van der Waals surface area (Å²) in [5.41, 5.74) is 6.29. The Balaban J connectivity index is 2.74. The van der Waals surface area contributed by atoms with E-state index in [4.69, 9.17) is 0 Å². The van der Waals surface area contributed by atoms with Gasteiger partial charge in [0.2, 0.25) is 0 Å². The van der Waals surface area contributed by atoms with Gasteiger partial charge in [-0.1, -0.05) is 51.1 Å². The van der Waals surface area contributed by atoms with Crippen LogP contribution in [0.4, 0.5) is 0 Å². The number of hydrogen-bond acceptors (Lipinski definition) is 1. The lowest BCUT2D eigenvalue weighted by atomic mass is 9.88. The minimum atomic E-state index is 0.410. The SMILES string of the molecule is CCc1cccc(CC)c1-c1cccc(O)c1CC. The highest BCUT2D eigenvalue weighted by molar-refractivity contribution is 5.76. The van der Waals surface area contributed by atoms with Crippen LogP contribution in [0.1, 0.15) is 37.5 Å². The number of phenolic OH excluding ortho intramolecular Hbond substituents is 1. The first-order valence-corrected chi connectivity index (χ1v) is 7.14. The fraction of sp³-hybridized carbons (Fsp3) is 0.333. The highest BCUT2D eigenvalue weighted by atomic mass is 16.3. The van der Waals surface area contributed by atoms with Gasteiger partial charge in [-0.25, -0.2) is 0 Å². The van der Waals surface area contributed by atoms with E-state index >= 15 is 0 Å². The Bertz CT molecular complexity index is 548. The Labute approximate surface area is 115 Å². The van der Waals surface area contributed by atoms with E-state index in [-0.39, 0.29) is 0 Å². The summed E-state index contributed by atoms with van der Waals surface area (Å²) in [7, 11) is 0. The molecule has 0 fully saturated rings. The van der Waals surface area contributed by atoms with Crippen LogP contribution in [0.15, 0.2) is 36.4 Å². The maximum Gasteiger partial charge on any atom is 0.119 e. The van der Waals surface area contributed by atoms with Crippen molar-refractivity contribution in [2.45, 2.75) is 40.0 Å². The molecule has 0 saturated heterocycles. The van der Waals surface area contributed by atoms with Gasteiger partial charge in [0, 0.05) is 5.56 Å². The second-order valence-corrected chi connectivity index (χ2v) is 4.82. The summed E-state index contributed by atoms with van der Waals surface area (Å²) in [4.78, 5) is 0. The van der Waals surface area contributed by atoms with Gasteiger partial charge in [-0.2, -0.15) is 0 Å². The second-order valence-electron chi connectivity index (χ2n) is 4.82. The van der Waals surface area contributed by atoms with Crippen molar-refractivity contribution in [2.75, 3.05) is 0 Å². The first-order valence-electron chi connectivity index (χ1n) is 7.14. The zero-order chi connectivity index (χ0) is 13.8. The van der Waals surface area contributed by atoms with Gasteiger partial charge in [-0.15, -0.1) is 0 Å². The van der Waals surface area contributed by atoms with Gasteiger partial charge in [-0.3, -0.25) is 0 Å². The molecule has 0 radical (unpaired) electrons. The van der Waals surface area contributed by atoms with Gasteiger partial charge < -0.3 is 5.11 Å². The predicted octanol–water partition coefficient (Wildman–Crippen LogP) is 4.75. The standard InChI is InChI=1S/C18H22O/c1-4-13-9-7-10-14(5-2)18(13)16-11-8-12-17(19)15(16)6-3/h7-12,19H,4-6H2,1-3H3. The molecule has 2 rings (SSSR count). The molecule has 0 spiro atoms. The highest BCUT2D eigenvalue weighted by Gasteiger charge is 2.13. The van der Waals surface area contributed by atoms with Crippen LogP contribution in [0.5, 0.6) is 5.75 Å². The third-order valence-corrected chi connectivity index (χ3v) is 3.77. The Hall–Kier alpha value is -1.76. The molecule has 1 nitrogen and oxygen atoms in total. The van der Waals surface area contributed by atoms with Crippen molar-refractivity contribution >= 4 is 0 Å². The minimum Gasteiger partial charge on any atom is -0.508 e. The molecule has 0 heterocycles. The lowest BCUT2D eigenvalue weighted by Gasteiger charge is -2.17. The Morgan fingerprint density at radius 1 is 0.789 bits per heavy atom. The third-order valence-electron chi connectivity index (χ3n) is 3.77. The normalized spacial score (nSPS) is 10.7. The molecule has 1 heteroatoms. The molecular formula is C18H22O. The second kappa shape index (κ2) is 5.92. The van der Waals surface area contributed by atoms with Gasteiger partial charge in [-0.05, 0) is 47.6 Å². The molecule has 2 aromatic carbocycles. The number of aryl methyl sites for hydroxylation is 2. The molecule has 0 atom stereocenters. The van der Waals surface area contributed by atoms with Crippen LogP contribution < -0.4 is 0 Å². The summed E-state index contributed by atoms with van der Waals surface area (Å²) in [5, 5.41) is 10.1. The zero-order valence-electron chi connectivity index (χ0n) is 12.0. The highest BCUT2D eigenvalue weighted by Crippen LogP contribution is 2.35. The molecule has 0 unspecified atom stereocenters. The molecule has 0 aliphatic rings. The van der Waals surface area contributed by atoms with Crippen molar-refractivity contribution in [2.24, 2.45) is 0 Å². The summed E-state index contributed by atoms with van der Waals surface area (Å²) in [6.07, 6.45) is 2.88. The van der Waals surface area contributed by atoms with Crippen molar-refractivity contribution in [1.29, 1.82) is 0 Å². The summed E-state index contributed by atoms with van der Waals surface area (Å²) in [6.45, 7) is 6.47. The molecular weight excluding hydrogens is 232 g/mol. The molecule has 0 aromatic heterocycles. The molecule has 1 N–H and O–H groups in total. The summed E-state index contributed by atoms with van der Waals surface area (Å²) >= 11 is 0. The molecule has 19 heavy (non-hydrogen) atoms. The van der Waals surface area contributed by atoms with E-state index in [2.05, 4.69) is 45.0 Å². The van der Waals surface area contributed by atoms with E-state index in [0.717, 1.165) is 24.8 Å². The number of aromatic hydroxyl groups is 1. The van der Waals surface area contributed by atoms with Crippen molar-refractivity contribution in [3.8, 4) is 16.9 Å². The largest absolute Gasteiger partial charge is 0.508 e. The van der Waals surface area contributed by atoms with Gasteiger partial charge >= 0.3 is 0 Å². The maximum atomic E-state index is 10.1. The summed E-state index contributed by atoms with van der Waals surface area (Å²) in [6, 6.07) is 12.4. The molecule has 0 saturated carbocycles. The van der Waals surface area contributed by atoms with Crippen LogP contribution in [0.2, 0.25) is 0 Å². The fourth-order valence-corrected chi connectivity index (χ4v) is 2.77. The van der Waals surface area contributed by atoms with Crippen LogP contribution in [0.25, 0.3) is 11.1 Å². The molecule has 100 valence electrons. The van der Waals surface area contributed by atoms with Crippen molar-refractivity contribution < 1.29 is 5.11 Å². The van der Waals surface area contributed by atoms with E-state index in [9.17, 15) is 5.11 Å². The Morgan fingerprint density at radius 3 is 1.89 bits per heavy atom. The predicted molar refractivity (Wildman–Crippen MR) is 81.7 cm³/mol. The van der Waals surface area contributed by atoms with E-state index in [1.54, 1.807) is 6.07 Å².